The van der Waals surface area contributed by atoms with Crippen molar-refractivity contribution in [3.8, 4) is 11.1 Å². The fourth-order valence-corrected chi connectivity index (χ4v) is 2.67. The molecular weight excluding hydrogens is 238 g/mol. The molecule has 3 rings (SSSR count). The second-order valence-electron chi connectivity index (χ2n) is 4.97. The first-order valence-electron chi connectivity index (χ1n) is 6.33. The molecule has 0 radical (unpaired) electrons. The summed E-state index contributed by atoms with van der Waals surface area (Å²) in [4.78, 5) is 10.8. The third kappa shape index (κ3) is 2.13. The van der Waals surface area contributed by atoms with E-state index in [4.69, 9.17) is 10.8 Å². The molecule has 0 fully saturated rings. The van der Waals surface area contributed by atoms with Crippen LogP contribution in [0.15, 0.2) is 42.5 Å². The van der Waals surface area contributed by atoms with Gasteiger partial charge in [-0.3, -0.25) is 4.79 Å². The smallest absolute Gasteiger partial charge is 0.320 e. The van der Waals surface area contributed by atoms with Crippen LogP contribution in [0.4, 0.5) is 0 Å². The number of carbonyl (C=O) groups is 1. The fourth-order valence-electron chi connectivity index (χ4n) is 2.67. The van der Waals surface area contributed by atoms with Crippen LogP contribution in [-0.4, -0.2) is 17.1 Å². The molecule has 0 saturated carbocycles. The standard InChI is InChI=1S/C16H15NO2/c17-15(16(18)19)8-10-5-6-14-12(7-10)9-11-3-1-2-4-13(11)14/h1-7,15H,8-9,17H2,(H,18,19)/t15-/m0/s1. The van der Waals surface area contributed by atoms with E-state index >= 15 is 0 Å². The van der Waals surface area contributed by atoms with Crippen molar-refractivity contribution in [3.05, 3.63) is 59.2 Å². The zero-order valence-electron chi connectivity index (χ0n) is 10.5. The second kappa shape index (κ2) is 4.52. The monoisotopic (exact) mass is 253 g/mol. The van der Waals surface area contributed by atoms with E-state index < -0.39 is 12.0 Å². The zero-order chi connectivity index (χ0) is 13.4. The maximum absolute atomic E-state index is 10.8. The second-order valence-corrected chi connectivity index (χ2v) is 4.97. The lowest BCUT2D eigenvalue weighted by Gasteiger charge is -2.08. The van der Waals surface area contributed by atoms with Gasteiger partial charge in [0.1, 0.15) is 6.04 Å². The molecule has 1 aliphatic carbocycles. The van der Waals surface area contributed by atoms with E-state index in [1.807, 2.05) is 18.2 Å². The Labute approximate surface area is 111 Å². The van der Waals surface area contributed by atoms with E-state index in [9.17, 15) is 4.79 Å². The molecule has 1 aliphatic rings. The predicted molar refractivity (Wildman–Crippen MR) is 74.0 cm³/mol. The van der Waals surface area contributed by atoms with Crippen molar-refractivity contribution in [1.82, 2.24) is 0 Å². The zero-order valence-corrected chi connectivity index (χ0v) is 10.5. The summed E-state index contributed by atoms with van der Waals surface area (Å²) in [5.41, 5.74) is 11.7. The van der Waals surface area contributed by atoms with Gasteiger partial charge in [0.15, 0.2) is 0 Å². The molecule has 0 amide bonds. The number of hydrogen-bond acceptors (Lipinski definition) is 2. The number of nitrogens with two attached hydrogens (primary N) is 1. The molecule has 0 spiro atoms. The van der Waals surface area contributed by atoms with Gasteiger partial charge in [0.25, 0.3) is 0 Å². The van der Waals surface area contributed by atoms with Gasteiger partial charge in [-0.1, -0.05) is 42.5 Å². The van der Waals surface area contributed by atoms with Crippen molar-refractivity contribution in [1.29, 1.82) is 0 Å². The molecule has 0 bridgehead atoms. The van der Waals surface area contributed by atoms with Crippen LogP contribution < -0.4 is 5.73 Å². The molecule has 0 heterocycles. The first kappa shape index (κ1) is 11.9. The molecule has 3 nitrogen and oxygen atoms in total. The fraction of sp³-hybridized carbons (Fsp3) is 0.188. The lowest BCUT2D eigenvalue weighted by molar-refractivity contribution is -0.138. The molecule has 0 unspecified atom stereocenters. The number of carboxylic acids is 1. The lowest BCUT2D eigenvalue weighted by atomic mass is 10.00. The van der Waals surface area contributed by atoms with Gasteiger partial charge < -0.3 is 10.8 Å². The van der Waals surface area contributed by atoms with Crippen molar-refractivity contribution < 1.29 is 9.90 Å². The van der Waals surface area contributed by atoms with Crippen LogP contribution in [0.3, 0.4) is 0 Å². The minimum absolute atomic E-state index is 0.374. The Bertz CT molecular complexity index is 649. The molecule has 3 heteroatoms. The van der Waals surface area contributed by atoms with Crippen LogP contribution in [0.25, 0.3) is 11.1 Å². The highest BCUT2D eigenvalue weighted by atomic mass is 16.4. The summed E-state index contributed by atoms with van der Waals surface area (Å²) in [6.07, 6.45) is 1.29. The molecule has 0 aromatic heterocycles. The SMILES string of the molecule is N[C@@H](Cc1ccc2c(c1)Cc1ccccc1-2)C(=O)O. The molecule has 96 valence electrons. The van der Waals surface area contributed by atoms with E-state index in [0.717, 1.165) is 12.0 Å². The Morgan fingerprint density at radius 2 is 1.89 bits per heavy atom. The number of rotatable bonds is 3. The van der Waals surface area contributed by atoms with E-state index in [1.54, 1.807) is 0 Å². The highest BCUT2D eigenvalue weighted by Gasteiger charge is 2.19. The van der Waals surface area contributed by atoms with Gasteiger partial charge in [-0.25, -0.2) is 0 Å². The third-order valence-corrected chi connectivity index (χ3v) is 3.63. The van der Waals surface area contributed by atoms with Gasteiger partial charge in [-0.2, -0.15) is 0 Å². The largest absolute Gasteiger partial charge is 0.480 e. The van der Waals surface area contributed by atoms with Gasteiger partial charge in [-0.15, -0.1) is 0 Å². The average Bonchev–Trinajstić information content (AvgIpc) is 2.76. The van der Waals surface area contributed by atoms with Crippen LogP contribution in [0, 0.1) is 0 Å². The highest BCUT2D eigenvalue weighted by molar-refractivity contribution is 5.77. The van der Waals surface area contributed by atoms with Gasteiger partial charge >= 0.3 is 5.97 Å². The lowest BCUT2D eigenvalue weighted by Crippen LogP contribution is -2.32. The summed E-state index contributed by atoms with van der Waals surface area (Å²) < 4.78 is 0. The molecule has 19 heavy (non-hydrogen) atoms. The van der Waals surface area contributed by atoms with Crippen molar-refractivity contribution in [2.45, 2.75) is 18.9 Å². The minimum Gasteiger partial charge on any atom is -0.480 e. The molecule has 1 atom stereocenters. The van der Waals surface area contributed by atoms with Gasteiger partial charge in [-0.05, 0) is 40.7 Å². The van der Waals surface area contributed by atoms with Crippen molar-refractivity contribution in [2.24, 2.45) is 5.73 Å². The Hall–Kier alpha value is -2.13. The number of fused-ring (bicyclic) bond motifs is 3. The summed E-state index contributed by atoms with van der Waals surface area (Å²) in [7, 11) is 0. The van der Waals surface area contributed by atoms with Crippen LogP contribution in [0.2, 0.25) is 0 Å². The molecule has 0 saturated heterocycles. The van der Waals surface area contributed by atoms with Crippen LogP contribution in [0.1, 0.15) is 16.7 Å². The Morgan fingerprint density at radius 1 is 1.16 bits per heavy atom. The normalized spacial score (nSPS) is 13.7. The number of hydrogen-bond donors (Lipinski definition) is 2. The summed E-state index contributed by atoms with van der Waals surface area (Å²) in [6, 6.07) is 13.7. The molecule has 2 aromatic rings. The summed E-state index contributed by atoms with van der Waals surface area (Å²) in [5.74, 6) is -0.955. The Balaban J connectivity index is 1.91. The summed E-state index contributed by atoms with van der Waals surface area (Å²) >= 11 is 0. The summed E-state index contributed by atoms with van der Waals surface area (Å²) in [5, 5.41) is 8.85. The van der Waals surface area contributed by atoms with Gasteiger partial charge in [0.05, 0.1) is 0 Å². The van der Waals surface area contributed by atoms with E-state index in [2.05, 4.69) is 24.3 Å². The van der Waals surface area contributed by atoms with Gasteiger partial charge in [0, 0.05) is 0 Å². The molecule has 2 aromatic carbocycles. The van der Waals surface area contributed by atoms with Crippen molar-refractivity contribution in [2.75, 3.05) is 0 Å². The quantitative estimate of drug-likeness (QED) is 0.752. The first-order chi connectivity index (χ1) is 9.15. The Kier molecular flexibility index (Phi) is 2.84. The van der Waals surface area contributed by atoms with Crippen LogP contribution in [0.5, 0.6) is 0 Å². The molecule has 0 aliphatic heterocycles. The van der Waals surface area contributed by atoms with Crippen LogP contribution >= 0.6 is 0 Å². The average molecular weight is 253 g/mol. The maximum atomic E-state index is 10.8. The third-order valence-electron chi connectivity index (χ3n) is 3.63. The van der Waals surface area contributed by atoms with E-state index in [1.165, 1.54) is 22.3 Å². The topological polar surface area (TPSA) is 63.3 Å². The number of carboxylic acid groups (broad SMARTS) is 1. The number of aliphatic carboxylic acids is 1. The maximum Gasteiger partial charge on any atom is 0.320 e. The van der Waals surface area contributed by atoms with Crippen molar-refractivity contribution in [3.63, 3.8) is 0 Å². The van der Waals surface area contributed by atoms with E-state index in [-0.39, 0.29) is 0 Å². The molecule has 3 N–H and O–H groups in total. The first-order valence-corrected chi connectivity index (χ1v) is 6.33. The number of benzene rings is 2. The Morgan fingerprint density at radius 3 is 2.68 bits per heavy atom. The summed E-state index contributed by atoms with van der Waals surface area (Å²) in [6.45, 7) is 0. The molecular formula is C16H15NO2. The highest BCUT2D eigenvalue weighted by Crippen LogP contribution is 2.36. The van der Waals surface area contributed by atoms with E-state index in [0.29, 0.717) is 6.42 Å². The van der Waals surface area contributed by atoms with Crippen molar-refractivity contribution >= 4 is 5.97 Å². The minimum atomic E-state index is -0.955. The predicted octanol–water partition coefficient (Wildman–Crippen LogP) is 2.21. The van der Waals surface area contributed by atoms with Gasteiger partial charge in [0.2, 0.25) is 0 Å². The van der Waals surface area contributed by atoms with Crippen LogP contribution in [-0.2, 0) is 17.6 Å².